The average Bonchev–Trinajstić information content (AvgIpc) is 2.41. The van der Waals surface area contributed by atoms with Crippen LogP contribution in [0.3, 0.4) is 0 Å². The van der Waals surface area contributed by atoms with Crippen LogP contribution in [0.2, 0.25) is 0 Å². The minimum Gasteiger partial charge on any atom is -0.462 e. The lowest BCUT2D eigenvalue weighted by molar-refractivity contribution is 0.0527. The zero-order valence-corrected chi connectivity index (χ0v) is 13.1. The molecule has 0 spiro atoms. The third-order valence-corrected chi connectivity index (χ3v) is 3.70. The van der Waals surface area contributed by atoms with E-state index in [0.717, 1.165) is 17.9 Å². The first-order valence-electron chi connectivity index (χ1n) is 6.86. The van der Waals surface area contributed by atoms with Gasteiger partial charge >= 0.3 is 5.97 Å². The molecule has 1 heterocycles. The summed E-state index contributed by atoms with van der Waals surface area (Å²) in [6, 6.07) is 1.83. The highest BCUT2D eigenvalue weighted by Crippen LogP contribution is 2.22. The van der Waals surface area contributed by atoms with Crippen LogP contribution in [-0.4, -0.2) is 35.1 Å². The minimum atomic E-state index is -0.412. The molecule has 1 atom stereocenters. The molecule has 0 saturated carbocycles. The molecular formula is C14H23N3O2S. The Labute approximate surface area is 124 Å². The number of aromatic nitrogens is 1. The molecule has 1 unspecified atom stereocenters. The maximum absolute atomic E-state index is 11.8. The molecule has 5 nitrogen and oxygen atoms in total. The van der Waals surface area contributed by atoms with Crippen LogP contribution < -0.4 is 11.1 Å². The number of ether oxygens (including phenoxy) is 1. The first-order valence-corrected chi connectivity index (χ1v) is 8.01. The van der Waals surface area contributed by atoms with E-state index in [2.05, 4.69) is 24.1 Å². The number of nitrogens with two attached hydrogens (primary N) is 1. The van der Waals surface area contributed by atoms with Gasteiger partial charge in [0.1, 0.15) is 5.82 Å². The van der Waals surface area contributed by atoms with E-state index in [9.17, 15) is 4.79 Å². The monoisotopic (exact) mass is 297 g/mol. The minimum absolute atomic E-state index is 0.251. The lowest BCUT2D eigenvalue weighted by Crippen LogP contribution is -2.19. The summed E-state index contributed by atoms with van der Waals surface area (Å²) in [5, 5.41) is 3.25. The maximum Gasteiger partial charge on any atom is 0.340 e. The number of hydrogen-bond donors (Lipinski definition) is 2. The third kappa shape index (κ3) is 4.92. The fourth-order valence-electron chi connectivity index (χ4n) is 1.69. The number of rotatable bonds is 8. The van der Waals surface area contributed by atoms with Crippen LogP contribution in [-0.2, 0) is 4.74 Å². The number of esters is 1. The van der Waals surface area contributed by atoms with Gasteiger partial charge in [-0.25, -0.2) is 9.78 Å². The summed E-state index contributed by atoms with van der Waals surface area (Å²) < 4.78 is 4.97. The van der Waals surface area contributed by atoms with Crippen molar-refractivity contribution in [2.45, 2.75) is 33.2 Å². The lowest BCUT2D eigenvalue weighted by Gasteiger charge is -2.16. The average molecular weight is 297 g/mol. The Hall–Kier alpha value is -1.43. The van der Waals surface area contributed by atoms with Gasteiger partial charge in [0.05, 0.1) is 17.9 Å². The zero-order chi connectivity index (χ0) is 15.0. The Morgan fingerprint density at radius 3 is 2.95 bits per heavy atom. The Kier molecular flexibility index (Phi) is 7.22. The van der Waals surface area contributed by atoms with E-state index in [1.165, 1.54) is 0 Å². The standard InChI is InChI=1S/C14H23N3O2S/c1-4-19-14(18)11-6-8-16-13(12(11)15)17-10(3)7-9-20-5-2/h6,8,10H,4-5,7,9,15H2,1-3H3,(H,16,17). The number of nitrogens with one attached hydrogen (secondary N) is 1. The Bertz CT molecular complexity index is 440. The van der Waals surface area contributed by atoms with Gasteiger partial charge < -0.3 is 15.8 Å². The van der Waals surface area contributed by atoms with Gasteiger partial charge in [0, 0.05) is 12.2 Å². The largest absolute Gasteiger partial charge is 0.462 e. The van der Waals surface area contributed by atoms with Crippen molar-refractivity contribution in [2.75, 3.05) is 29.2 Å². The van der Waals surface area contributed by atoms with E-state index in [1.807, 2.05) is 11.8 Å². The molecule has 0 aromatic carbocycles. The smallest absolute Gasteiger partial charge is 0.340 e. The van der Waals surface area contributed by atoms with E-state index < -0.39 is 5.97 Å². The van der Waals surface area contributed by atoms with Crippen LogP contribution in [0.5, 0.6) is 0 Å². The van der Waals surface area contributed by atoms with Gasteiger partial charge in [-0.15, -0.1) is 0 Å². The second-order valence-electron chi connectivity index (χ2n) is 4.37. The molecule has 1 aromatic rings. The van der Waals surface area contributed by atoms with Gasteiger partial charge in [0.2, 0.25) is 0 Å². The molecule has 112 valence electrons. The number of hydrogen-bond acceptors (Lipinski definition) is 6. The molecule has 0 bridgehead atoms. The molecule has 1 rings (SSSR count). The van der Waals surface area contributed by atoms with Crippen molar-refractivity contribution in [3.8, 4) is 0 Å². The van der Waals surface area contributed by atoms with Crippen molar-refractivity contribution < 1.29 is 9.53 Å². The highest BCUT2D eigenvalue weighted by molar-refractivity contribution is 7.99. The van der Waals surface area contributed by atoms with Crippen molar-refractivity contribution in [3.05, 3.63) is 17.8 Å². The van der Waals surface area contributed by atoms with Gasteiger partial charge in [-0.3, -0.25) is 0 Å². The van der Waals surface area contributed by atoms with Crippen molar-refractivity contribution >= 4 is 29.2 Å². The number of nitrogen functional groups attached to an aromatic ring is 1. The van der Waals surface area contributed by atoms with Crippen molar-refractivity contribution in [1.29, 1.82) is 0 Å². The summed E-state index contributed by atoms with van der Waals surface area (Å²) >= 11 is 1.90. The normalized spacial score (nSPS) is 11.9. The summed E-state index contributed by atoms with van der Waals surface area (Å²) in [6.45, 7) is 6.31. The van der Waals surface area contributed by atoms with Crippen LogP contribution in [0.15, 0.2) is 12.3 Å². The fraction of sp³-hybridized carbons (Fsp3) is 0.571. The van der Waals surface area contributed by atoms with E-state index in [1.54, 1.807) is 19.2 Å². The molecule has 0 amide bonds. The van der Waals surface area contributed by atoms with Gasteiger partial charge in [-0.2, -0.15) is 11.8 Å². The number of carbonyl (C=O) groups excluding carboxylic acids is 1. The molecule has 0 radical (unpaired) electrons. The number of carbonyl (C=O) groups is 1. The summed E-state index contributed by atoms with van der Waals surface area (Å²) in [7, 11) is 0. The number of nitrogens with zero attached hydrogens (tertiary/aromatic N) is 1. The van der Waals surface area contributed by atoms with E-state index in [-0.39, 0.29) is 6.04 Å². The summed E-state index contributed by atoms with van der Waals surface area (Å²) in [5.41, 5.74) is 6.70. The third-order valence-electron chi connectivity index (χ3n) is 2.77. The first-order chi connectivity index (χ1) is 9.60. The second kappa shape index (κ2) is 8.68. The first kappa shape index (κ1) is 16.6. The summed E-state index contributed by atoms with van der Waals surface area (Å²) in [5.74, 6) is 2.34. The zero-order valence-electron chi connectivity index (χ0n) is 12.3. The Balaban J connectivity index is 2.71. The maximum atomic E-state index is 11.8. The molecule has 0 fully saturated rings. The van der Waals surface area contributed by atoms with Crippen molar-refractivity contribution in [2.24, 2.45) is 0 Å². The summed E-state index contributed by atoms with van der Waals surface area (Å²) in [4.78, 5) is 16.0. The molecular weight excluding hydrogens is 274 g/mol. The molecule has 0 aliphatic carbocycles. The molecule has 0 aliphatic rings. The molecule has 0 aliphatic heterocycles. The summed E-state index contributed by atoms with van der Waals surface area (Å²) in [6.07, 6.45) is 2.59. The topological polar surface area (TPSA) is 77.2 Å². The number of anilines is 2. The van der Waals surface area contributed by atoms with E-state index >= 15 is 0 Å². The van der Waals surface area contributed by atoms with Crippen LogP contribution in [0.4, 0.5) is 11.5 Å². The number of pyridine rings is 1. The van der Waals surface area contributed by atoms with Gasteiger partial charge in [-0.05, 0) is 37.8 Å². The van der Waals surface area contributed by atoms with E-state index in [0.29, 0.717) is 23.7 Å². The van der Waals surface area contributed by atoms with Gasteiger partial charge in [0.15, 0.2) is 0 Å². The van der Waals surface area contributed by atoms with Crippen LogP contribution in [0.25, 0.3) is 0 Å². The predicted octanol–water partition coefficient (Wildman–Crippen LogP) is 2.78. The fourth-order valence-corrected chi connectivity index (χ4v) is 2.49. The van der Waals surface area contributed by atoms with Crippen molar-refractivity contribution in [3.63, 3.8) is 0 Å². The Morgan fingerprint density at radius 1 is 1.55 bits per heavy atom. The molecule has 3 N–H and O–H groups in total. The predicted molar refractivity (Wildman–Crippen MR) is 85.3 cm³/mol. The highest BCUT2D eigenvalue weighted by Gasteiger charge is 2.15. The van der Waals surface area contributed by atoms with E-state index in [4.69, 9.17) is 10.5 Å². The highest BCUT2D eigenvalue weighted by atomic mass is 32.2. The van der Waals surface area contributed by atoms with Crippen LogP contribution >= 0.6 is 11.8 Å². The lowest BCUT2D eigenvalue weighted by atomic mass is 10.2. The second-order valence-corrected chi connectivity index (χ2v) is 5.77. The SMILES string of the molecule is CCOC(=O)c1ccnc(NC(C)CCSCC)c1N. The molecule has 1 aromatic heterocycles. The van der Waals surface area contributed by atoms with Crippen LogP contribution in [0, 0.1) is 0 Å². The quantitative estimate of drug-likeness (QED) is 0.567. The van der Waals surface area contributed by atoms with Crippen LogP contribution in [0.1, 0.15) is 37.6 Å². The molecule has 6 heteroatoms. The van der Waals surface area contributed by atoms with Crippen molar-refractivity contribution in [1.82, 2.24) is 4.98 Å². The van der Waals surface area contributed by atoms with Gasteiger partial charge in [-0.1, -0.05) is 6.92 Å². The molecule has 20 heavy (non-hydrogen) atoms. The van der Waals surface area contributed by atoms with Gasteiger partial charge in [0.25, 0.3) is 0 Å². The Morgan fingerprint density at radius 2 is 2.30 bits per heavy atom. The molecule has 0 saturated heterocycles. The number of thioether (sulfide) groups is 1.